The van der Waals surface area contributed by atoms with Gasteiger partial charge in [0.1, 0.15) is 0 Å². The van der Waals surface area contributed by atoms with Crippen molar-refractivity contribution in [2.75, 3.05) is 13.1 Å². The Kier molecular flexibility index (Phi) is 3.46. The molecule has 1 amide bonds. The molecule has 0 saturated carbocycles. The van der Waals surface area contributed by atoms with Crippen LogP contribution in [0.25, 0.3) is 11.0 Å². The molecule has 0 bridgehead atoms. The van der Waals surface area contributed by atoms with Crippen molar-refractivity contribution in [3.8, 4) is 0 Å². The number of carbonyl (C=O) groups is 1. The van der Waals surface area contributed by atoms with E-state index in [-0.39, 0.29) is 11.9 Å². The van der Waals surface area contributed by atoms with Gasteiger partial charge in [0.25, 0.3) is 0 Å². The first-order chi connectivity index (χ1) is 9.33. The molecule has 1 aromatic heterocycles. The zero-order valence-corrected chi connectivity index (χ0v) is 10.8. The third-order valence-electron chi connectivity index (χ3n) is 3.57. The first-order valence-corrected chi connectivity index (χ1v) is 6.76. The smallest absolute Gasteiger partial charge is 0.237 e. The van der Waals surface area contributed by atoms with Gasteiger partial charge in [-0.3, -0.25) is 4.79 Å². The lowest BCUT2D eigenvalue weighted by Gasteiger charge is -2.10. The summed E-state index contributed by atoms with van der Waals surface area (Å²) in [4.78, 5) is 19.1. The molecule has 1 aliphatic rings. The van der Waals surface area contributed by atoms with Gasteiger partial charge in [0.2, 0.25) is 5.91 Å². The van der Waals surface area contributed by atoms with Crippen molar-refractivity contribution in [3.05, 3.63) is 30.1 Å². The van der Waals surface area contributed by atoms with E-state index in [2.05, 4.69) is 32.7 Å². The third kappa shape index (κ3) is 2.76. The summed E-state index contributed by atoms with van der Waals surface area (Å²) in [6, 6.07) is 6.16. The number of aromatic nitrogens is 2. The number of rotatable bonds is 4. The van der Waals surface area contributed by atoms with Crippen LogP contribution in [0.15, 0.2) is 24.5 Å². The van der Waals surface area contributed by atoms with E-state index in [1.807, 2.05) is 6.07 Å². The molecule has 1 unspecified atom stereocenters. The first-order valence-electron chi connectivity index (χ1n) is 6.76. The molecule has 3 N–H and O–H groups in total. The number of nitrogens with one attached hydrogen (secondary N) is 3. The lowest BCUT2D eigenvalue weighted by molar-refractivity contribution is -0.122. The van der Waals surface area contributed by atoms with Gasteiger partial charge < -0.3 is 15.6 Å². The monoisotopic (exact) mass is 258 g/mol. The first kappa shape index (κ1) is 12.2. The van der Waals surface area contributed by atoms with E-state index in [9.17, 15) is 4.79 Å². The maximum atomic E-state index is 11.8. The minimum Gasteiger partial charge on any atom is -0.354 e. The topological polar surface area (TPSA) is 69.8 Å². The third-order valence-corrected chi connectivity index (χ3v) is 3.57. The average molecular weight is 258 g/mol. The number of amides is 1. The molecule has 2 heterocycles. The Bertz CT molecular complexity index is 572. The van der Waals surface area contributed by atoms with Crippen LogP contribution in [0.4, 0.5) is 0 Å². The maximum absolute atomic E-state index is 11.8. The minimum atomic E-state index is 0.00934. The second-order valence-corrected chi connectivity index (χ2v) is 4.94. The second-order valence-electron chi connectivity index (χ2n) is 4.94. The highest BCUT2D eigenvalue weighted by molar-refractivity contribution is 5.82. The molecule has 1 saturated heterocycles. The van der Waals surface area contributed by atoms with Gasteiger partial charge in [-0.2, -0.15) is 0 Å². The Hall–Kier alpha value is -1.88. The predicted octanol–water partition coefficient (Wildman–Crippen LogP) is 0.974. The van der Waals surface area contributed by atoms with E-state index in [0.29, 0.717) is 6.54 Å². The van der Waals surface area contributed by atoms with Crippen LogP contribution in [-0.2, 0) is 11.2 Å². The van der Waals surface area contributed by atoms with Crippen molar-refractivity contribution in [2.45, 2.75) is 25.3 Å². The molecule has 1 atom stereocenters. The molecule has 0 aliphatic carbocycles. The van der Waals surface area contributed by atoms with Crippen LogP contribution in [0.3, 0.4) is 0 Å². The van der Waals surface area contributed by atoms with E-state index < -0.39 is 0 Å². The number of hydrogen-bond donors (Lipinski definition) is 3. The van der Waals surface area contributed by atoms with Crippen LogP contribution in [0.2, 0.25) is 0 Å². The van der Waals surface area contributed by atoms with Crippen molar-refractivity contribution in [2.24, 2.45) is 0 Å². The number of aromatic amines is 1. The maximum Gasteiger partial charge on any atom is 0.237 e. The zero-order chi connectivity index (χ0) is 13.1. The van der Waals surface area contributed by atoms with E-state index in [4.69, 9.17) is 0 Å². The summed E-state index contributed by atoms with van der Waals surface area (Å²) in [5.74, 6) is 0.125. The Balaban J connectivity index is 1.52. The fraction of sp³-hybridized carbons (Fsp3) is 0.429. The van der Waals surface area contributed by atoms with Crippen molar-refractivity contribution < 1.29 is 4.79 Å². The van der Waals surface area contributed by atoms with Gasteiger partial charge in [0.05, 0.1) is 23.4 Å². The van der Waals surface area contributed by atoms with E-state index in [0.717, 1.165) is 36.8 Å². The Morgan fingerprint density at radius 2 is 2.42 bits per heavy atom. The van der Waals surface area contributed by atoms with Gasteiger partial charge in [-0.25, -0.2) is 4.98 Å². The van der Waals surface area contributed by atoms with Gasteiger partial charge in [-0.05, 0) is 43.5 Å². The molecule has 1 fully saturated rings. The normalized spacial score (nSPS) is 18.8. The molecular formula is C14H18N4O. The van der Waals surface area contributed by atoms with E-state index in [1.165, 1.54) is 5.56 Å². The van der Waals surface area contributed by atoms with E-state index in [1.54, 1.807) is 6.33 Å². The Morgan fingerprint density at radius 1 is 1.47 bits per heavy atom. The molecule has 5 heteroatoms. The molecule has 2 aromatic rings. The highest BCUT2D eigenvalue weighted by Crippen LogP contribution is 2.11. The van der Waals surface area contributed by atoms with Gasteiger partial charge in [-0.1, -0.05) is 6.07 Å². The quantitative estimate of drug-likeness (QED) is 0.765. The fourth-order valence-electron chi connectivity index (χ4n) is 2.50. The van der Waals surface area contributed by atoms with Crippen molar-refractivity contribution in [1.82, 2.24) is 20.6 Å². The molecule has 0 radical (unpaired) electrons. The molecule has 5 nitrogen and oxygen atoms in total. The van der Waals surface area contributed by atoms with Crippen molar-refractivity contribution >= 4 is 16.9 Å². The number of nitrogens with zero attached hydrogens (tertiary/aromatic N) is 1. The molecule has 0 spiro atoms. The lowest BCUT2D eigenvalue weighted by atomic mass is 10.1. The molecule has 3 rings (SSSR count). The lowest BCUT2D eigenvalue weighted by Crippen LogP contribution is -2.41. The fourth-order valence-corrected chi connectivity index (χ4v) is 2.50. The summed E-state index contributed by atoms with van der Waals surface area (Å²) in [5.41, 5.74) is 3.22. The average Bonchev–Trinajstić information content (AvgIpc) is 3.09. The van der Waals surface area contributed by atoms with Gasteiger partial charge >= 0.3 is 0 Å². The van der Waals surface area contributed by atoms with Crippen LogP contribution in [0.1, 0.15) is 18.4 Å². The summed E-state index contributed by atoms with van der Waals surface area (Å²) in [7, 11) is 0. The highest BCUT2D eigenvalue weighted by atomic mass is 16.2. The number of carbonyl (C=O) groups excluding carboxylic acids is 1. The number of imidazole rings is 1. The summed E-state index contributed by atoms with van der Waals surface area (Å²) in [6.45, 7) is 1.63. The van der Waals surface area contributed by atoms with Gasteiger partial charge in [0.15, 0.2) is 0 Å². The van der Waals surface area contributed by atoms with Crippen LogP contribution >= 0.6 is 0 Å². The molecular weight excluding hydrogens is 240 g/mol. The Morgan fingerprint density at radius 3 is 3.26 bits per heavy atom. The summed E-state index contributed by atoms with van der Waals surface area (Å²) < 4.78 is 0. The Labute approximate surface area is 111 Å². The number of H-pyrrole nitrogens is 1. The van der Waals surface area contributed by atoms with Crippen LogP contribution < -0.4 is 10.6 Å². The van der Waals surface area contributed by atoms with Crippen LogP contribution in [-0.4, -0.2) is 35.0 Å². The van der Waals surface area contributed by atoms with Crippen molar-refractivity contribution in [1.29, 1.82) is 0 Å². The SMILES string of the molecule is O=C(NCCc1ccc2nc[nH]c2c1)C1CCCN1. The predicted molar refractivity (Wildman–Crippen MR) is 73.8 cm³/mol. The van der Waals surface area contributed by atoms with Crippen LogP contribution in [0, 0.1) is 0 Å². The standard InChI is InChI=1S/C14H18N4O/c19-14(12-2-1-6-15-12)16-7-5-10-3-4-11-13(8-10)18-9-17-11/h3-4,8-9,12,15H,1-2,5-7H2,(H,16,19)(H,17,18). The second kappa shape index (κ2) is 5.40. The highest BCUT2D eigenvalue weighted by Gasteiger charge is 2.21. The summed E-state index contributed by atoms with van der Waals surface area (Å²) in [6.07, 6.45) is 4.58. The zero-order valence-electron chi connectivity index (χ0n) is 10.8. The largest absolute Gasteiger partial charge is 0.354 e. The van der Waals surface area contributed by atoms with Crippen molar-refractivity contribution in [3.63, 3.8) is 0 Å². The van der Waals surface area contributed by atoms with E-state index >= 15 is 0 Å². The number of benzene rings is 1. The van der Waals surface area contributed by atoms with Gasteiger partial charge in [-0.15, -0.1) is 0 Å². The van der Waals surface area contributed by atoms with Gasteiger partial charge in [0, 0.05) is 6.54 Å². The van der Waals surface area contributed by atoms with Crippen LogP contribution in [0.5, 0.6) is 0 Å². The summed E-state index contributed by atoms with van der Waals surface area (Å²) in [5, 5.41) is 6.19. The molecule has 19 heavy (non-hydrogen) atoms. The molecule has 1 aromatic carbocycles. The number of hydrogen-bond acceptors (Lipinski definition) is 3. The molecule has 100 valence electrons. The number of fused-ring (bicyclic) bond motifs is 1. The summed E-state index contributed by atoms with van der Waals surface area (Å²) >= 11 is 0. The molecule has 1 aliphatic heterocycles. The minimum absolute atomic E-state index is 0.00934.